The number of hydrogen-bond acceptors (Lipinski definition) is 8. The number of carboxylic acid groups (broad SMARTS) is 1. The fraction of sp³-hybridized carbons (Fsp3) is 0.200. The second-order valence-electron chi connectivity index (χ2n) is 9.50. The number of aromatic amines is 1. The monoisotopic (exact) mass is 567 g/mol. The second-order valence-corrected chi connectivity index (χ2v) is 9.50. The molecule has 12 heteroatoms. The number of aliphatic carboxylic acids is 1. The van der Waals surface area contributed by atoms with Gasteiger partial charge < -0.3 is 20.3 Å². The Labute approximate surface area is 241 Å². The lowest BCUT2D eigenvalue weighted by Crippen LogP contribution is -2.48. The molecule has 2 heterocycles. The fourth-order valence-electron chi connectivity index (χ4n) is 4.59. The van der Waals surface area contributed by atoms with Crippen LogP contribution in [0.1, 0.15) is 28.5 Å². The van der Waals surface area contributed by atoms with Crippen molar-refractivity contribution in [3.05, 3.63) is 102 Å². The highest BCUT2D eigenvalue weighted by Gasteiger charge is 2.29. The van der Waals surface area contributed by atoms with Crippen LogP contribution < -0.4 is 10.1 Å². The maximum Gasteiger partial charge on any atom is 0.334 e. The highest BCUT2D eigenvalue weighted by Crippen LogP contribution is 2.30. The third-order valence-electron chi connectivity index (χ3n) is 6.64. The van der Waals surface area contributed by atoms with Crippen molar-refractivity contribution in [3.8, 4) is 28.4 Å². The summed E-state index contributed by atoms with van der Waals surface area (Å²) >= 11 is 0. The van der Waals surface area contributed by atoms with Gasteiger partial charge in [-0.3, -0.25) is 4.79 Å². The van der Waals surface area contributed by atoms with E-state index < -0.39 is 24.0 Å². The zero-order chi connectivity index (χ0) is 29.5. The maximum absolute atomic E-state index is 13.2. The topological polar surface area (TPSA) is 168 Å². The Morgan fingerprint density at radius 1 is 0.976 bits per heavy atom. The number of aromatic nitrogens is 6. The lowest BCUT2D eigenvalue weighted by molar-refractivity contribution is -0.148. The van der Waals surface area contributed by atoms with Gasteiger partial charge in [0, 0.05) is 11.6 Å². The Morgan fingerprint density at radius 3 is 2.36 bits per heavy atom. The zero-order valence-corrected chi connectivity index (χ0v) is 22.7. The van der Waals surface area contributed by atoms with Gasteiger partial charge in [-0.1, -0.05) is 78.9 Å². The fourth-order valence-corrected chi connectivity index (χ4v) is 4.59. The van der Waals surface area contributed by atoms with Crippen LogP contribution in [0.15, 0.2) is 84.9 Å². The van der Waals surface area contributed by atoms with E-state index >= 15 is 0 Å². The number of aliphatic hydroxyl groups excluding tert-OH is 1. The number of nitrogens with one attached hydrogen (secondary N) is 2. The van der Waals surface area contributed by atoms with Crippen molar-refractivity contribution >= 4 is 11.9 Å². The quantitative estimate of drug-likeness (QED) is 0.177. The molecule has 3 aromatic carbocycles. The van der Waals surface area contributed by atoms with E-state index in [1.54, 1.807) is 28.9 Å². The van der Waals surface area contributed by atoms with Crippen LogP contribution in [-0.4, -0.2) is 71.2 Å². The number of nitrogens with zero attached hydrogens (tertiary/aromatic N) is 5. The van der Waals surface area contributed by atoms with Crippen molar-refractivity contribution in [2.75, 3.05) is 6.61 Å². The third-order valence-corrected chi connectivity index (χ3v) is 6.64. The number of amides is 1. The molecule has 0 radical (unpaired) electrons. The number of aliphatic hydroxyl groups is 1. The van der Waals surface area contributed by atoms with Crippen molar-refractivity contribution in [2.24, 2.45) is 0 Å². The second kappa shape index (κ2) is 12.9. The molecule has 5 rings (SSSR count). The van der Waals surface area contributed by atoms with Crippen LogP contribution >= 0.6 is 0 Å². The normalized spacial score (nSPS) is 12.4. The number of benzene rings is 3. The molecule has 0 aliphatic heterocycles. The van der Waals surface area contributed by atoms with E-state index in [1.807, 2.05) is 61.5 Å². The molecule has 4 N–H and O–H groups in total. The first kappa shape index (κ1) is 28.2. The first-order valence-corrected chi connectivity index (χ1v) is 13.3. The van der Waals surface area contributed by atoms with E-state index in [9.17, 15) is 19.8 Å². The third kappa shape index (κ3) is 6.50. The molecule has 0 bridgehead atoms. The zero-order valence-electron chi connectivity index (χ0n) is 22.7. The summed E-state index contributed by atoms with van der Waals surface area (Å²) in [7, 11) is 0. The van der Waals surface area contributed by atoms with Crippen molar-refractivity contribution in [3.63, 3.8) is 0 Å². The Bertz CT molecular complexity index is 1640. The molecule has 1 amide bonds. The summed E-state index contributed by atoms with van der Waals surface area (Å²) in [6, 6.07) is 25.1. The summed E-state index contributed by atoms with van der Waals surface area (Å²) in [6.07, 6.45) is -1.67. The number of H-pyrrole nitrogens is 1. The first-order chi connectivity index (χ1) is 20.4. The number of hydrogen-bond donors (Lipinski definition) is 4. The van der Waals surface area contributed by atoms with Gasteiger partial charge in [0.15, 0.2) is 17.6 Å². The summed E-state index contributed by atoms with van der Waals surface area (Å²) in [5, 5.41) is 40.9. The maximum atomic E-state index is 13.2. The van der Waals surface area contributed by atoms with E-state index in [1.165, 1.54) is 6.07 Å². The van der Waals surface area contributed by atoms with Crippen LogP contribution in [0.25, 0.3) is 22.5 Å². The van der Waals surface area contributed by atoms with Crippen molar-refractivity contribution in [2.45, 2.75) is 32.0 Å². The van der Waals surface area contributed by atoms with E-state index in [0.717, 1.165) is 27.8 Å². The Hall–Kier alpha value is -5.36. The van der Waals surface area contributed by atoms with Gasteiger partial charge in [0.05, 0.1) is 19.2 Å². The number of carbonyl (C=O) groups excluding carboxylic acids is 1. The lowest BCUT2D eigenvalue weighted by Gasteiger charge is -2.21. The standard InChI is InChI=1S/C30H29N7O5/c1-2-42-26-17-25(29(39)31-24(27(38)30(40)41)16-19-8-4-3-5-9-19)34-37(26)18-20-12-14-21(15-13-20)22-10-6-7-11-23(22)28-32-35-36-33-28/h3-15,17,24,27,38H,2,16,18H2,1H3,(H,31,39)(H,40,41)(H,32,33,35,36)/t24-,27-/m1/s1. The summed E-state index contributed by atoms with van der Waals surface area (Å²) in [6.45, 7) is 2.50. The number of carbonyl (C=O) groups is 2. The summed E-state index contributed by atoms with van der Waals surface area (Å²) < 4.78 is 7.30. The molecule has 42 heavy (non-hydrogen) atoms. The highest BCUT2D eigenvalue weighted by atomic mass is 16.5. The van der Waals surface area contributed by atoms with Gasteiger partial charge >= 0.3 is 5.97 Å². The van der Waals surface area contributed by atoms with E-state index in [2.05, 4.69) is 31.0 Å². The summed E-state index contributed by atoms with van der Waals surface area (Å²) in [5.41, 5.74) is 4.53. The SMILES string of the molecule is CCOc1cc(C(=O)N[C@H](Cc2ccccc2)[C@@H](O)C(=O)O)nn1Cc1ccc(-c2ccccc2-c2nnn[nH]2)cc1. The highest BCUT2D eigenvalue weighted by molar-refractivity contribution is 5.93. The van der Waals surface area contributed by atoms with Crippen molar-refractivity contribution < 1.29 is 24.5 Å². The molecular weight excluding hydrogens is 538 g/mol. The van der Waals surface area contributed by atoms with E-state index in [-0.39, 0.29) is 12.1 Å². The molecule has 0 spiro atoms. The molecule has 5 aromatic rings. The van der Waals surface area contributed by atoms with Crippen molar-refractivity contribution in [1.82, 2.24) is 35.7 Å². The molecule has 0 saturated heterocycles. The lowest BCUT2D eigenvalue weighted by atomic mass is 9.98. The molecule has 2 atom stereocenters. The van der Waals surface area contributed by atoms with Crippen LogP contribution in [-0.2, 0) is 17.8 Å². The molecule has 0 fully saturated rings. The Kier molecular flexibility index (Phi) is 8.64. The van der Waals surface area contributed by atoms with Gasteiger partial charge in [-0.05, 0) is 46.0 Å². The molecule has 0 aliphatic rings. The molecule has 214 valence electrons. The van der Waals surface area contributed by atoms with Crippen LogP contribution in [0, 0.1) is 0 Å². The Balaban J connectivity index is 1.34. The van der Waals surface area contributed by atoms with E-state index in [0.29, 0.717) is 24.9 Å². The van der Waals surface area contributed by atoms with Crippen LogP contribution in [0.4, 0.5) is 0 Å². The first-order valence-electron chi connectivity index (χ1n) is 13.3. The van der Waals surface area contributed by atoms with Gasteiger partial charge in [0.25, 0.3) is 5.91 Å². The van der Waals surface area contributed by atoms with Crippen molar-refractivity contribution in [1.29, 1.82) is 0 Å². The van der Waals surface area contributed by atoms with Gasteiger partial charge in [-0.2, -0.15) is 5.10 Å². The Morgan fingerprint density at radius 2 is 1.69 bits per heavy atom. The minimum atomic E-state index is -1.80. The van der Waals surface area contributed by atoms with Crippen LogP contribution in [0.3, 0.4) is 0 Å². The molecule has 2 aromatic heterocycles. The van der Waals surface area contributed by atoms with E-state index in [4.69, 9.17) is 4.74 Å². The van der Waals surface area contributed by atoms with Gasteiger partial charge in [-0.25, -0.2) is 14.6 Å². The number of carboxylic acids is 1. The smallest absolute Gasteiger partial charge is 0.334 e. The molecule has 0 saturated carbocycles. The predicted molar refractivity (Wildman–Crippen MR) is 153 cm³/mol. The number of ether oxygens (including phenoxy) is 1. The average molecular weight is 568 g/mol. The number of tetrazole rings is 1. The average Bonchev–Trinajstić information content (AvgIpc) is 3.68. The molecular formula is C30H29N7O5. The van der Waals surface area contributed by atoms with Crippen LogP contribution in [0.2, 0.25) is 0 Å². The molecule has 0 aliphatic carbocycles. The van der Waals surface area contributed by atoms with Gasteiger partial charge in [0.2, 0.25) is 5.88 Å². The number of rotatable bonds is 12. The predicted octanol–water partition coefficient (Wildman–Crippen LogP) is 2.96. The summed E-state index contributed by atoms with van der Waals surface area (Å²) in [4.78, 5) is 24.7. The molecule has 12 nitrogen and oxygen atoms in total. The summed E-state index contributed by atoms with van der Waals surface area (Å²) in [5.74, 6) is -1.10. The van der Waals surface area contributed by atoms with Crippen LogP contribution in [0.5, 0.6) is 5.88 Å². The largest absolute Gasteiger partial charge is 0.479 e. The molecule has 0 unspecified atom stereocenters. The minimum Gasteiger partial charge on any atom is -0.479 e. The van der Waals surface area contributed by atoms with Gasteiger partial charge in [-0.15, -0.1) is 5.10 Å². The van der Waals surface area contributed by atoms with Gasteiger partial charge in [0.1, 0.15) is 0 Å². The minimum absolute atomic E-state index is 0.0420.